The second kappa shape index (κ2) is 6.49. The fourth-order valence-electron chi connectivity index (χ4n) is 1.16. The van der Waals surface area contributed by atoms with Crippen molar-refractivity contribution in [2.45, 2.75) is 6.42 Å². The smallest absolute Gasteiger partial charge is 0.252 e. The quantitative estimate of drug-likeness (QED) is 0.606. The number of methoxy groups -OCH3 is 1. The lowest BCUT2D eigenvalue weighted by molar-refractivity contribution is -0.127. The van der Waals surface area contributed by atoms with Gasteiger partial charge >= 0.3 is 0 Å². The van der Waals surface area contributed by atoms with Gasteiger partial charge < -0.3 is 10.5 Å². The normalized spacial score (nSPS) is 9.53. The standard InChI is InChI=1S/C11H15N3O3/c1-17-9-4-2-8(3-5-9)6-10(15)13-14-11(16)7-12/h2-5H,6-7,12H2,1H3,(H,13,15)(H,14,16). The molecule has 17 heavy (non-hydrogen) atoms. The van der Waals surface area contributed by atoms with Crippen LogP contribution in [0, 0.1) is 0 Å². The van der Waals surface area contributed by atoms with E-state index in [2.05, 4.69) is 10.9 Å². The lowest BCUT2D eigenvalue weighted by atomic mass is 10.1. The number of rotatable bonds is 4. The van der Waals surface area contributed by atoms with Crippen molar-refractivity contribution in [2.24, 2.45) is 5.73 Å². The summed E-state index contributed by atoms with van der Waals surface area (Å²) in [6, 6.07) is 7.09. The van der Waals surface area contributed by atoms with Gasteiger partial charge in [-0.2, -0.15) is 0 Å². The Bertz CT molecular complexity index is 389. The first kappa shape index (κ1) is 13.0. The van der Waals surface area contributed by atoms with Gasteiger partial charge in [-0.3, -0.25) is 20.4 Å². The van der Waals surface area contributed by atoms with E-state index in [4.69, 9.17) is 10.5 Å². The van der Waals surface area contributed by atoms with Crippen molar-refractivity contribution in [3.05, 3.63) is 29.8 Å². The van der Waals surface area contributed by atoms with Crippen molar-refractivity contribution in [3.8, 4) is 5.75 Å². The highest BCUT2D eigenvalue weighted by atomic mass is 16.5. The number of amides is 2. The Morgan fingerprint density at radius 1 is 1.18 bits per heavy atom. The van der Waals surface area contributed by atoms with Gasteiger partial charge in [-0.15, -0.1) is 0 Å². The largest absolute Gasteiger partial charge is 0.497 e. The summed E-state index contributed by atoms with van der Waals surface area (Å²) >= 11 is 0. The minimum absolute atomic E-state index is 0.164. The van der Waals surface area contributed by atoms with E-state index in [1.165, 1.54) is 0 Å². The summed E-state index contributed by atoms with van der Waals surface area (Å²) < 4.78 is 5.00. The molecular weight excluding hydrogens is 222 g/mol. The van der Waals surface area contributed by atoms with Crippen molar-refractivity contribution in [1.82, 2.24) is 10.9 Å². The van der Waals surface area contributed by atoms with Gasteiger partial charge in [0.2, 0.25) is 5.91 Å². The number of benzene rings is 1. The maximum absolute atomic E-state index is 11.4. The molecule has 0 aliphatic carbocycles. The van der Waals surface area contributed by atoms with Gasteiger partial charge in [0, 0.05) is 0 Å². The van der Waals surface area contributed by atoms with Gasteiger partial charge in [0.1, 0.15) is 5.75 Å². The first-order valence-electron chi connectivity index (χ1n) is 5.06. The molecule has 0 aromatic heterocycles. The van der Waals surface area contributed by atoms with E-state index in [0.29, 0.717) is 0 Å². The van der Waals surface area contributed by atoms with Crippen LogP contribution < -0.4 is 21.3 Å². The molecule has 2 amide bonds. The van der Waals surface area contributed by atoms with E-state index in [-0.39, 0.29) is 18.9 Å². The van der Waals surface area contributed by atoms with Crippen molar-refractivity contribution in [1.29, 1.82) is 0 Å². The van der Waals surface area contributed by atoms with Crippen LogP contribution in [0.25, 0.3) is 0 Å². The SMILES string of the molecule is COc1ccc(CC(=O)NNC(=O)CN)cc1. The van der Waals surface area contributed by atoms with E-state index < -0.39 is 5.91 Å². The topological polar surface area (TPSA) is 93.5 Å². The predicted molar refractivity (Wildman–Crippen MR) is 62.0 cm³/mol. The molecule has 0 bridgehead atoms. The molecular formula is C11H15N3O3. The molecule has 0 spiro atoms. The number of carbonyl (C=O) groups excluding carboxylic acids is 2. The van der Waals surface area contributed by atoms with Crippen LogP contribution in [-0.2, 0) is 16.0 Å². The van der Waals surface area contributed by atoms with E-state index >= 15 is 0 Å². The molecule has 0 atom stereocenters. The third-order valence-electron chi connectivity index (χ3n) is 2.05. The Morgan fingerprint density at radius 2 is 1.76 bits per heavy atom. The molecule has 0 saturated carbocycles. The summed E-state index contributed by atoms with van der Waals surface area (Å²) in [5.74, 6) is -0.0179. The summed E-state index contributed by atoms with van der Waals surface area (Å²) in [6.07, 6.45) is 0.175. The Kier molecular flexibility index (Phi) is 4.96. The van der Waals surface area contributed by atoms with Crippen LogP contribution in [0.3, 0.4) is 0 Å². The highest BCUT2D eigenvalue weighted by Crippen LogP contribution is 2.11. The van der Waals surface area contributed by atoms with E-state index in [1.807, 2.05) is 0 Å². The highest BCUT2D eigenvalue weighted by molar-refractivity contribution is 5.83. The monoisotopic (exact) mass is 237 g/mol. The summed E-state index contributed by atoms with van der Waals surface area (Å²) in [6.45, 7) is -0.164. The number of hydrogen-bond donors (Lipinski definition) is 3. The molecule has 0 radical (unpaired) electrons. The molecule has 1 rings (SSSR count). The van der Waals surface area contributed by atoms with Crippen LogP contribution in [0.1, 0.15) is 5.56 Å². The maximum atomic E-state index is 11.4. The third kappa shape index (κ3) is 4.52. The zero-order chi connectivity index (χ0) is 12.7. The molecule has 0 unspecified atom stereocenters. The van der Waals surface area contributed by atoms with E-state index in [1.54, 1.807) is 31.4 Å². The van der Waals surface area contributed by atoms with Gasteiger partial charge in [0.05, 0.1) is 20.1 Å². The van der Waals surface area contributed by atoms with Crippen LogP contribution >= 0.6 is 0 Å². The minimum Gasteiger partial charge on any atom is -0.497 e. The third-order valence-corrected chi connectivity index (χ3v) is 2.05. The van der Waals surface area contributed by atoms with Gasteiger partial charge in [-0.25, -0.2) is 0 Å². The van der Waals surface area contributed by atoms with E-state index in [0.717, 1.165) is 11.3 Å². The van der Waals surface area contributed by atoms with Gasteiger partial charge in [-0.05, 0) is 17.7 Å². The van der Waals surface area contributed by atoms with Gasteiger partial charge in [0.25, 0.3) is 5.91 Å². The highest BCUT2D eigenvalue weighted by Gasteiger charge is 2.04. The van der Waals surface area contributed by atoms with Gasteiger partial charge in [-0.1, -0.05) is 12.1 Å². The van der Waals surface area contributed by atoms with Crippen molar-refractivity contribution in [3.63, 3.8) is 0 Å². The Labute approximate surface area is 99.1 Å². The van der Waals surface area contributed by atoms with Crippen LogP contribution in [0.4, 0.5) is 0 Å². The number of carbonyl (C=O) groups is 2. The second-order valence-corrected chi connectivity index (χ2v) is 3.33. The lowest BCUT2D eigenvalue weighted by Gasteiger charge is -2.06. The lowest BCUT2D eigenvalue weighted by Crippen LogP contribution is -2.45. The van der Waals surface area contributed by atoms with Crippen LogP contribution in [0.15, 0.2) is 24.3 Å². The van der Waals surface area contributed by atoms with Crippen molar-refractivity contribution >= 4 is 11.8 Å². The fourth-order valence-corrected chi connectivity index (χ4v) is 1.16. The average molecular weight is 237 g/mol. The molecule has 92 valence electrons. The molecule has 0 heterocycles. The van der Waals surface area contributed by atoms with Crippen LogP contribution in [0.2, 0.25) is 0 Å². The van der Waals surface area contributed by atoms with Gasteiger partial charge in [0.15, 0.2) is 0 Å². The minimum atomic E-state index is -0.437. The zero-order valence-corrected chi connectivity index (χ0v) is 9.53. The number of nitrogens with one attached hydrogen (secondary N) is 2. The molecule has 6 nitrogen and oxygen atoms in total. The number of hydrogen-bond acceptors (Lipinski definition) is 4. The molecule has 0 aliphatic heterocycles. The first-order valence-corrected chi connectivity index (χ1v) is 5.06. The molecule has 4 N–H and O–H groups in total. The molecule has 0 aliphatic rings. The first-order chi connectivity index (χ1) is 8.15. The Balaban J connectivity index is 2.42. The predicted octanol–water partition coefficient (Wildman–Crippen LogP) is -0.656. The van der Waals surface area contributed by atoms with Crippen LogP contribution in [-0.4, -0.2) is 25.5 Å². The molecule has 6 heteroatoms. The number of nitrogens with two attached hydrogens (primary N) is 1. The number of hydrazine groups is 1. The van der Waals surface area contributed by atoms with Crippen molar-refractivity contribution < 1.29 is 14.3 Å². The zero-order valence-electron chi connectivity index (χ0n) is 9.53. The van der Waals surface area contributed by atoms with E-state index in [9.17, 15) is 9.59 Å². The van der Waals surface area contributed by atoms with Crippen molar-refractivity contribution in [2.75, 3.05) is 13.7 Å². The second-order valence-electron chi connectivity index (χ2n) is 3.33. The maximum Gasteiger partial charge on any atom is 0.252 e. The molecule has 0 saturated heterocycles. The molecule has 1 aromatic rings. The summed E-state index contributed by atoms with van der Waals surface area (Å²) in [4.78, 5) is 22.2. The Hall–Kier alpha value is -2.08. The summed E-state index contributed by atoms with van der Waals surface area (Å²) in [7, 11) is 1.57. The fraction of sp³-hybridized carbons (Fsp3) is 0.273. The summed E-state index contributed by atoms with van der Waals surface area (Å²) in [5, 5.41) is 0. The average Bonchev–Trinajstić information content (AvgIpc) is 2.36. The summed E-state index contributed by atoms with van der Waals surface area (Å²) in [5.41, 5.74) is 10.3. The number of ether oxygens (including phenoxy) is 1. The molecule has 0 fully saturated rings. The van der Waals surface area contributed by atoms with Crippen LogP contribution in [0.5, 0.6) is 5.75 Å². The Morgan fingerprint density at radius 3 is 2.29 bits per heavy atom. The molecule has 1 aromatic carbocycles.